The van der Waals surface area contributed by atoms with Crippen molar-refractivity contribution in [3.63, 3.8) is 0 Å². The summed E-state index contributed by atoms with van der Waals surface area (Å²) in [6, 6.07) is 0. The third-order valence-corrected chi connectivity index (χ3v) is 3.31. The summed E-state index contributed by atoms with van der Waals surface area (Å²) in [4.78, 5) is 10.5. The SMILES string of the molecule is CC(CSCCc1cnn(C)c1)C(=O)O. The largest absolute Gasteiger partial charge is 0.481 e. The highest BCUT2D eigenvalue weighted by molar-refractivity contribution is 7.99. The molecule has 15 heavy (non-hydrogen) atoms. The molecule has 5 heteroatoms. The standard InChI is InChI=1S/C10H16N2O2S/c1-8(10(13)14)7-15-4-3-9-5-11-12(2)6-9/h5-6,8H,3-4,7H2,1-2H3,(H,13,14). The maximum absolute atomic E-state index is 10.5. The predicted octanol–water partition coefficient (Wildman–Crippen LogP) is 1.42. The molecule has 1 heterocycles. The van der Waals surface area contributed by atoms with Crippen LogP contribution in [0.25, 0.3) is 0 Å². The maximum atomic E-state index is 10.5. The second kappa shape index (κ2) is 5.80. The molecule has 0 aliphatic carbocycles. The molecule has 1 atom stereocenters. The van der Waals surface area contributed by atoms with Gasteiger partial charge in [0.1, 0.15) is 0 Å². The Morgan fingerprint density at radius 1 is 1.73 bits per heavy atom. The summed E-state index contributed by atoms with van der Waals surface area (Å²) in [7, 11) is 1.89. The maximum Gasteiger partial charge on any atom is 0.307 e. The molecule has 1 aromatic rings. The van der Waals surface area contributed by atoms with Gasteiger partial charge in [0.2, 0.25) is 0 Å². The molecule has 0 aromatic carbocycles. The second-order valence-electron chi connectivity index (χ2n) is 3.59. The van der Waals surface area contributed by atoms with Gasteiger partial charge < -0.3 is 5.11 Å². The average molecular weight is 228 g/mol. The number of carbonyl (C=O) groups is 1. The zero-order chi connectivity index (χ0) is 11.3. The van der Waals surface area contributed by atoms with Crippen LogP contribution in [0, 0.1) is 5.92 Å². The van der Waals surface area contributed by atoms with Gasteiger partial charge in [0.15, 0.2) is 0 Å². The van der Waals surface area contributed by atoms with Crippen LogP contribution in [0.1, 0.15) is 12.5 Å². The highest BCUT2D eigenvalue weighted by Crippen LogP contribution is 2.11. The Kier molecular flexibility index (Phi) is 4.68. The molecule has 1 N–H and O–H groups in total. The van der Waals surface area contributed by atoms with E-state index in [1.165, 1.54) is 5.56 Å². The first-order valence-electron chi connectivity index (χ1n) is 4.87. The van der Waals surface area contributed by atoms with E-state index in [2.05, 4.69) is 5.10 Å². The molecule has 1 aromatic heterocycles. The van der Waals surface area contributed by atoms with Crippen molar-refractivity contribution in [1.82, 2.24) is 9.78 Å². The number of hydrogen-bond acceptors (Lipinski definition) is 3. The molecule has 0 spiro atoms. The zero-order valence-corrected chi connectivity index (χ0v) is 9.83. The molecule has 0 saturated carbocycles. The number of aliphatic carboxylic acids is 1. The van der Waals surface area contributed by atoms with Gasteiger partial charge in [-0.25, -0.2) is 0 Å². The molecule has 0 bridgehead atoms. The zero-order valence-electron chi connectivity index (χ0n) is 9.01. The van der Waals surface area contributed by atoms with Crippen molar-refractivity contribution in [2.45, 2.75) is 13.3 Å². The predicted molar refractivity (Wildman–Crippen MR) is 61.0 cm³/mol. The lowest BCUT2D eigenvalue weighted by Crippen LogP contribution is -2.12. The molecule has 0 aliphatic rings. The Morgan fingerprint density at radius 3 is 3.00 bits per heavy atom. The van der Waals surface area contributed by atoms with E-state index in [9.17, 15) is 4.79 Å². The van der Waals surface area contributed by atoms with Crippen LogP contribution < -0.4 is 0 Å². The van der Waals surface area contributed by atoms with E-state index in [0.717, 1.165) is 12.2 Å². The molecule has 0 saturated heterocycles. The first-order valence-corrected chi connectivity index (χ1v) is 6.03. The summed E-state index contributed by atoms with van der Waals surface area (Å²) in [5, 5.41) is 12.7. The number of rotatable bonds is 6. The lowest BCUT2D eigenvalue weighted by molar-refractivity contribution is -0.140. The number of aromatic nitrogens is 2. The Labute approximate surface area is 93.7 Å². The number of nitrogens with zero attached hydrogens (tertiary/aromatic N) is 2. The topological polar surface area (TPSA) is 55.1 Å². The molecule has 0 radical (unpaired) electrons. The van der Waals surface area contributed by atoms with Gasteiger partial charge in [0.25, 0.3) is 0 Å². The highest BCUT2D eigenvalue weighted by atomic mass is 32.2. The first kappa shape index (κ1) is 12.1. The lowest BCUT2D eigenvalue weighted by atomic mass is 10.2. The van der Waals surface area contributed by atoms with Gasteiger partial charge in [0, 0.05) is 19.0 Å². The molecule has 1 unspecified atom stereocenters. The van der Waals surface area contributed by atoms with E-state index in [0.29, 0.717) is 5.75 Å². The van der Waals surface area contributed by atoms with Crippen LogP contribution in [0.15, 0.2) is 12.4 Å². The third-order valence-electron chi connectivity index (χ3n) is 2.08. The Bertz CT molecular complexity index is 325. The van der Waals surface area contributed by atoms with Crippen molar-refractivity contribution >= 4 is 17.7 Å². The van der Waals surface area contributed by atoms with Gasteiger partial charge in [-0.05, 0) is 17.7 Å². The van der Waals surface area contributed by atoms with Gasteiger partial charge >= 0.3 is 5.97 Å². The lowest BCUT2D eigenvalue weighted by Gasteiger charge is -2.04. The number of thioether (sulfide) groups is 1. The van der Waals surface area contributed by atoms with Crippen molar-refractivity contribution < 1.29 is 9.90 Å². The first-order chi connectivity index (χ1) is 7.09. The molecule has 0 fully saturated rings. The van der Waals surface area contributed by atoms with Gasteiger partial charge in [-0.2, -0.15) is 16.9 Å². The van der Waals surface area contributed by atoms with Crippen LogP contribution in [0.3, 0.4) is 0 Å². The number of carboxylic acids is 1. The molecule has 0 aliphatic heterocycles. The van der Waals surface area contributed by atoms with Crippen molar-refractivity contribution in [2.75, 3.05) is 11.5 Å². The van der Waals surface area contributed by atoms with E-state index >= 15 is 0 Å². The van der Waals surface area contributed by atoms with Crippen LogP contribution in [0.4, 0.5) is 0 Å². The molecule has 84 valence electrons. The van der Waals surface area contributed by atoms with Gasteiger partial charge in [0.05, 0.1) is 12.1 Å². The monoisotopic (exact) mass is 228 g/mol. The quantitative estimate of drug-likeness (QED) is 0.748. The summed E-state index contributed by atoms with van der Waals surface area (Å²) in [6.07, 6.45) is 4.78. The number of aryl methyl sites for hydroxylation is 2. The summed E-state index contributed by atoms with van der Waals surface area (Å²) in [6.45, 7) is 1.74. The third kappa shape index (κ3) is 4.38. The summed E-state index contributed by atoms with van der Waals surface area (Å²) >= 11 is 1.68. The Balaban J connectivity index is 2.14. The van der Waals surface area contributed by atoms with E-state index < -0.39 is 5.97 Å². The fourth-order valence-corrected chi connectivity index (χ4v) is 2.17. The molecular formula is C10H16N2O2S. The normalized spacial score (nSPS) is 12.7. The summed E-state index contributed by atoms with van der Waals surface area (Å²) in [5.74, 6) is 0.645. The highest BCUT2D eigenvalue weighted by Gasteiger charge is 2.09. The van der Waals surface area contributed by atoms with Gasteiger partial charge in [-0.1, -0.05) is 6.92 Å². The van der Waals surface area contributed by atoms with Crippen LogP contribution in [0.2, 0.25) is 0 Å². The average Bonchev–Trinajstić information content (AvgIpc) is 2.58. The van der Waals surface area contributed by atoms with Crippen molar-refractivity contribution in [2.24, 2.45) is 13.0 Å². The van der Waals surface area contributed by atoms with Crippen molar-refractivity contribution in [3.8, 4) is 0 Å². The van der Waals surface area contributed by atoms with E-state index in [-0.39, 0.29) is 5.92 Å². The smallest absolute Gasteiger partial charge is 0.307 e. The Hall–Kier alpha value is -0.970. The van der Waals surface area contributed by atoms with Gasteiger partial charge in [-0.15, -0.1) is 0 Å². The molecular weight excluding hydrogens is 212 g/mol. The molecule has 0 amide bonds. The minimum absolute atomic E-state index is 0.260. The summed E-state index contributed by atoms with van der Waals surface area (Å²) in [5.41, 5.74) is 1.20. The minimum Gasteiger partial charge on any atom is -0.481 e. The second-order valence-corrected chi connectivity index (χ2v) is 4.74. The van der Waals surface area contributed by atoms with Crippen LogP contribution >= 0.6 is 11.8 Å². The van der Waals surface area contributed by atoms with E-state index in [4.69, 9.17) is 5.11 Å². The molecule has 4 nitrogen and oxygen atoms in total. The van der Waals surface area contributed by atoms with Crippen LogP contribution in [-0.2, 0) is 18.3 Å². The van der Waals surface area contributed by atoms with Gasteiger partial charge in [-0.3, -0.25) is 9.48 Å². The number of hydrogen-bond donors (Lipinski definition) is 1. The van der Waals surface area contributed by atoms with Crippen molar-refractivity contribution in [1.29, 1.82) is 0 Å². The fraction of sp³-hybridized carbons (Fsp3) is 0.600. The Morgan fingerprint density at radius 2 is 2.47 bits per heavy atom. The van der Waals surface area contributed by atoms with E-state index in [1.54, 1.807) is 23.4 Å². The summed E-state index contributed by atoms with van der Waals surface area (Å²) < 4.78 is 1.78. The fourth-order valence-electron chi connectivity index (χ4n) is 1.12. The van der Waals surface area contributed by atoms with Crippen LogP contribution in [-0.4, -0.2) is 32.4 Å². The molecule has 1 rings (SSSR count). The minimum atomic E-state index is -0.719. The van der Waals surface area contributed by atoms with E-state index in [1.807, 2.05) is 19.4 Å². The van der Waals surface area contributed by atoms with Crippen molar-refractivity contribution in [3.05, 3.63) is 18.0 Å². The number of carboxylic acid groups (broad SMARTS) is 1. The van der Waals surface area contributed by atoms with Crippen LogP contribution in [0.5, 0.6) is 0 Å².